The van der Waals surface area contributed by atoms with Gasteiger partial charge in [-0.15, -0.1) is 0 Å². The van der Waals surface area contributed by atoms with Crippen LogP contribution in [0.25, 0.3) is 0 Å². The van der Waals surface area contributed by atoms with E-state index in [9.17, 15) is 9.59 Å². The molecule has 1 saturated carbocycles. The fourth-order valence-electron chi connectivity index (χ4n) is 2.74. The summed E-state index contributed by atoms with van der Waals surface area (Å²) in [5.41, 5.74) is 0. The van der Waals surface area contributed by atoms with Gasteiger partial charge in [-0.05, 0) is 39.0 Å². The molecule has 5 nitrogen and oxygen atoms in total. The molecule has 2 rings (SSSR count). The van der Waals surface area contributed by atoms with E-state index in [2.05, 4.69) is 6.92 Å². The summed E-state index contributed by atoms with van der Waals surface area (Å²) in [5, 5.41) is 8.99. The largest absolute Gasteiger partial charge is 0.481 e. The van der Waals surface area contributed by atoms with Gasteiger partial charge < -0.3 is 14.7 Å². The quantitative estimate of drug-likeness (QED) is 0.776. The molecule has 0 bridgehead atoms. The summed E-state index contributed by atoms with van der Waals surface area (Å²) in [5.74, 6) is -1.25. The van der Waals surface area contributed by atoms with Crippen molar-refractivity contribution < 1.29 is 19.4 Å². The third-order valence-electron chi connectivity index (χ3n) is 4.20. The normalized spacial score (nSPS) is 27.3. The summed E-state index contributed by atoms with van der Waals surface area (Å²) >= 11 is 0. The first-order valence-electron chi connectivity index (χ1n) is 7.65. The van der Waals surface area contributed by atoms with E-state index in [4.69, 9.17) is 9.84 Å². The summed E-state index contributed by atoms with van der Waals surface area (Å²) in [6, 6.07) is 0.271. The van der Waals surface area contributed by atoms with E-state index in [1.165, 1.54) is 0 Å². The average Bonchev–Trinajstić information content (AvgIpc) is 3.15. The fourth-order valence-corrected chi connectivity index (χ4v) is 2.74. The van der Waals surface area contributed by atoms with Crippen molar-refractivity contribution in [3.05, 3.63) is 0 Å². The van der Waals surface area contributed by atoms with Gasteiger partial charge in [-0.25, -0.2) is 0 Å². The van der Waals surface area contributed by atoms with E-state index < -0.39 is 11.9 Å². The van der Waals surface area contributed by atoms with Gasteiger partial charge in [-0.3, -0.25) is 9.59 Å². The lowest BCUT2D eigenvalue weighted by atomic mass is 10.1. The van der Waals surface area contributed by atoms with Gasteiger partial charge in [-0.2, -0.15) is 0 Å². The highest BCUT2D eigenvalue weighted by molar-refractivity contribution is 5.78. The molecule has 2 aliphatic rings. The molecule has 1 saturated heterocycles. The minimum Gasteiger partial charge on any atom is -0.481 e. The minimum absolute atomic E-state index is 0.0868. The molecule has 5 heteroatoms. The number of hydrogen-bond acceptors (Lipinski definition) is 3. The Bertz CT molecular complexity index is 367. The Balaban J connectivity index is 1.79. The Hall–Kier alpha value is -1.10. The lowest BCUT2D eigenvalue weighted by molar-refractivity contribution is -0.143. The third kappa shape index (κ3) is 4.20. The number of carbonyl (C=O) groups is 2. The van der Waals surface area contributed by atoms with Gasteiger partial charge in [0.25, 0.3) is 0 Å². The van der Waals surface area contributed by atoms with Gasteiger partial charge in [0.15, 0.2) is 0 Å². The summed E-state index contributed by atoms with van der Waals surface area (Å²) < 4.78 is 5.72. The molecule has 3 atom stereocenters. The van der Waals surface area contributed by atoms with Crippen LogP contribution in [0.4, 0.5) is 0 Å². The first-order chi connectivity index (χ1) is 9.47. The monoisotopic (exact) mass is 283 g/mol. The second-order valence-corrected chi connectivity index (χ2v) is 6.20. The SMILES string of the molecule is C[C@@H]1CC[C@H](CCC(=O)N(C[C@@H](C)C(=O)O)C2CC2)O1. The number of aliphatic carboxylic acids is 1. The molecule has 1 N–H and O–H groups in total. The van der Waals surface area contributed by atoms with Crippen molar-refractivity contribution in [3.63, 3.8) is 0 Å². The van der Waals surface area contributed by atoms with Crippen LogP contribution in [-0.4, -0.2) is 46.7 Å². The molecule has 0 radical (unpaired) electrons. The number of hydrogen-bond donors (Lipinski definition) is 1. The molecule has 1 aliphatic heterocycles. The first kappa shape index (κ1) is 15.3. The molecule has 0 spiro atoms. The Morgan fingerprint density at radius 2 is 2.00 bits per heavy atom. The van der Waals surface area contributed by atoms with E-state index in [1.54, 1.807) is 11.8 Å². The molecule has 1 heterocycles. The lowest BCUT2D eigenvalue weighted by Gasteiger charge is -2.25. The fraction of sp³-hybridized carbons (Fsp3) is 0.867. The van der Waals surface area contributed by atoms with Crippen LogP contribution in [0.3, 0.4) is 0 Å². The van der Waals surface area contributed by atoms with Gasteiger partial charge in [0.1, 0.15) is 0 Å². The lowest BCUT2D eigenvalue weighted by Crippen LogP contribution is -2.38. The molecule has 1 amide bonds. The van der Waals surface area contributed by atoms with Crippen LogP contribution in [0.2, 0.25) is 0 Å². The molecule has 2 fully saturated rings. The Kier molecular flexibility index (Phi) is 5.02. The van der Waals surface area contributed by atoms with Crippen molar-refractivity contribution in [2.24, 2.45) is 5.92 Å². The van der Waals surface area contributed by atoms with E-state index in [1.807, 2.05) is 0 Å². The zero-order valence-corrected chi connectivity index (χ0v) is 12.4. The maximum absolute atomic E-state index is 12.3. The molecule has 0 aromatic rings. The predicted molar refractivity (Wildman–Crippen MR) is 74.3 cm³/mol. The van der Waals surface area contributed by atoms with Crippen molar-refractivity contribution in [1.29, 1.82) is 0 Å². The van der Waals surface area contributed by atoms with Crippen molar-refractivity contribution >= 4 is 11.9 Å². The van der Waals surface area contributed by atoms with Gasteiger partial charge in [-0.1, -0.05) is 6.92 Å². The zero-order valence-electron chi connectivity index (χ0n) is 12.4. The first-order valence-corrected chi connectivity index (χ1v) is 7.65. The summed E-state index contributed by atoms with van der Waals surface area (Å²) in [6.45, 7) is 4.06. The summed E-state index contributed by atoms with van der Waals surface area (Å²) in [6.07, 6.45) is 5.86. The van der Waals surface area contributed by atoms with Crippen molar-refractivity contribution in [2.75, 3.05) is 6.54 Å². The molecule has 0 aromatic heterocycles. The Labute approximate surface area is 120 Å². The van der Waals surface area contributed by atoms with Crippen LogP contribution in [-0.2, 0) is 14.3 Å². The van der Waals surface area contributed by atoms with Crippen molar-refractivity contribution in [2.45, 2.75) is 70.6 Å². The highest BCUT2D eigenvalue weighted by Gasteiger charge is 2.34. The van der Waals surface area contributed by atoms with Gasteiger partial charge >= 0.3 is 5.97 Å². The van der Waals surface area contributed by atoms with Gasteiger partial charge in [0, 0.05) is 19.0 Å². The summed E-state index contributed by atoms with van der Waals surface area (Å²) in [7, 11) is 0. The van der Waals surface area contributed by atoms with E-state index in [0.717, 1.165) is 32.1 Å². The van der Waals surface area contributed by atoms with Crippen LogP contribution < -0.4 is 0 Å². The molecule has 114 valence electrons. The number of amides is 1. The summed E-state index contributed by atoms with van der Waals surface area (Å²) in [4.78, 5) is 25.0. The van der Waals surface area contributed by atoms with Crippen LogP contribution in [0, 0.1) is 5.92 Å². The molecule has 0 unspecified atom stereocenters. The number of carboxylic acid groups (broad SMARTS) is 1. The van der Waals surface area contributed by atoms with Crippen LogP contribution in [0.1, 0.15) is 52.4 Å². The number of rotatable bonds is 7. The molecule has 1 aliphatic carbocycles. The van der Waals surface area contributed by atoms with E-state index in [-0.39, 0.29) is 18.1 Å². The topological polar surface area (TPSA) is 66.8 Å². The van der Waals surface area contributed by atoms with Crippen molar-refractivity contribution in [1.82, 2.24) is 4.90 Å². The standard InChI is InChI=1S/C15H25NO4/c1-10(15(18)19)9-16(12-4-5-12)14(17)8-7-13-6-3-11(2)20-13/h10-13H,3-9H2,1-2H3,(H,18,19)/t10-,11-,13-/m1/s1. The van der Waals surface area contributed by atoms with Crippen LogP contribution >= 0.6 is 0 Å². The van der Waals surface area contributed by atoms with Crippen LogP contribution in [0.5, 0.6) is 0 Å². The molecular weight excluding hydrogens is 258 g/mol. The number of carbonyl (C=O) groups excluding carboxylic acids is 1. The molecule has 20 heavy (non-hydrogen) atoms. The van der Waals surface area contributed by atoms with Gasteiger partial charge in [0.05, 0.1) is 18.1 Å². The number of carboxylic acids is 1. The van der Waals surface area contributed by atoms with Crippen LogP contribution in [0.15, 0.2) is 0 Å². The highest BCUT2D eigenvalue weighted by atomic mass is 16.5. The zero-order chi connectivity index (χ0) is 14.7. The average molecular weight is 283 g/mol. The second kappa shape index (κ2) is 6.57. The highest BCUT2D eigenvalue weighted by Crippen LogP contribution is 2.29. The number of ether oxygens (including phenoxy) is 1. The maximum atomic E-state index is 12.3. The van der Waals surface area contributed by atoms with Crippen molar-refractivity contribution in [3.8, 4) is 0 Å². The van der Waals surface area contributed by atoms with E-state index >= 15 is 0 Å². The molecule has 0 aromatic carbocycles. The second-order valence-electron chi connectivity index (χ2n) is 6.20. The Morgan fingerprint density at radius 1 is 1.30 bits per heavy atom. The maximum Gasteiger partial charge on any atom is 0.308 e. The predicted octanol–water partition coefficient (Wildman–Crippen LogP) is 2.05. The van der Waals surface area contributed by atoms with Gasteiger partial charge in [0.2, 0.25) is 5.91 Å². The van der Waals surface area contributed by atoms with E-state index in [0.29, 0.717) is 19.1 Å². The smallest absolute Gasteiger partial charge is 0.308 e. The molecular formula is C15H25NO4. The minimum atomic E-state index is -0.837. The Morgan fingerprint density at radius 3 is 2.50 bits per heavy atom. The third-order valence-corrected chi connectivity index (χ3v) is 4.20. The number of nitrogens with zero attached hydrogens (tertiary/aromatic N) is 1.